The van der Waals surface area contributed by atoms with E-state index in [-0.39, 0.29) is 17.0 Å². The van der Waals surface area contributed by atoms with Crippen LogP contribution in [0.5, 0.6) is 0 Å². The Kier molecular flexibility index (Phi) is 3.44. The molecule has 2 aromatic rings. The number of hydrogen-bond acceptors (Lipinski definition) is 6. The van der Waals surface area contributed by atoms with Crippen molar-refractivity contribution in [1.82, 2.24) is 10.3 Å². The zero-order valence-electron chi connectivity index (χ0n) is 14.9. The van der Waals surface area contributed by atoms with Crippen molar-refractivity contribution in [1.29, 1.82) is 5.26 Å². The standard InChI is InChI=1S/C19H19N3O3S/c1-17(2,3)25-16(24)22-19-8-18(9-19,10-19)15-21-12-6-11(13(23)7-20)4-5-14(12)26-15/h4-6H,8-10H2,1-3H3,(H,22,24). The van der Waals surface area contributed by atoms with E-state index < -0.39 is 11.4 Å². The van der Waals surface area contributed by atoms with Crippen molar-refractivity contribution in [2.24, 2.45) is 0 Å². The lowest BCUT2D eigenvalue weighted by Crippen LogP contribution is -2.76. The van der Waals surface area contributed by atoms with Crippen LogP contribution in [-0.2, 0) is 10.2 Å². The Bertz CT molecular complexity index is 960. The summed E-state index contributed by atoms with van der Waals surface area (Å²) in [6.45, 7) is 5.55. The fourth-order valence-electron chi connectivity index (χ4n) is 4.03. The Hall–Kier alpha value is -2.46. The van der Waals surface area contributed by atoms with Crippen LogP contribution in [0.15, 0.2) is 18.2 Å². The third kappa shape index (κ3) is 2.65. The molecule has 2 bridgehead atoms. The zero-order chi connectivity index (χ0) is 18.7. The van der Waals surface area contributed by atoms with Crippen molar-refractivity contribution in [2.75, 3.05) is 0 Å². The van der Waals surface area contributed by atoms with E-state index in [2.05, 4.69) is 5.32 Å². The van der Waals surface area contributed by atoms with Crippen LogP contribution >= 0.6 is 11.3 Å². The van der Waals surface area contributed by atoms with Crippen molar-refractivity contribution >= 4 is 33.4 Å². The van der Waals surface area contributed by atoms with Gasteiger partial charge in [0.1, 0.15) is 16.7 Å². The van der Waals surface area contributed by atoms with E-state index in [4.69, 9.17) is 15.0 Å². The molecule has 1 aromatic carbocycles. The number of thiazole rings is 1. The number of ether oxygens (including phenoxy) is 1. The van der Waals surface area contributed by atoms with Crippen LogP contribution in [0.1, 0.15) is 55.4 Å². The number of Topliss-reactive ketones (excluding diaryl/α,β-unsaturated/α-hetero) is 1. The van der Waals surface area contributed by atoms with Crippen LogP contribution in [0.3, 0.4) is 0 Å². The number of nitriles is 1. The summed E-state index contributed by atoms with van der Waals surface area (Å²) in [6.07, 6.45) is 2.23. The second-order valence-corrected chi connectivity index (χ2v) is 9.39. The Balaban J connectivity index is 1.47. The van der Waals surface area contributed by atoms with Crippen molar-refractivity contribution in [3.8, 4) is 6.07 Å². The highest BCUT2D eigenvalue weighted by Crippen LogP contribution is 2.68. The molecule has 3 aliphatic rings. The van der Waals surface area contributed by atoms with E-state index in [1.54, 1.807) is 29.5 Å². The Morgan fingerprint density at radius 1 is 1.31 bits per heavy atom. The van der Waals surface area contributed by atoms with Gasteiger partial charge in [0.15, 0.2) is 0 Å². The van der Waals surface area contributed by atoms with Gasteiger partial charge in [-0.05, 0) is 58.2 Å². The molecule has 0 spiro atoms. The van der Waals surface area contributed by atoms with Gasteiger partial charge in [0.25, 0.3) is 5.78 Å². The van der Waals surface area contributed by atoms with Crippen molar-refractivity contribution < 1.29 is 14.3 Å². The molecule has 0 saturated heterocycles. The predicted molar refractivity (Wildman–Crippen MR) is 97.2 cm³/mol. The largest absolute Gasteiger partial charge is 0.444 e. The number of benzene rings is 1. The molecule has 1 N–H and O–H groups in total. The molecule has 6 nitrogen and oxygen atoms in total. The molecule has 5 rings (SSSR count). The molecule has 1 aromatic heterocycles. The number of hydrogen-bond donors (Lipinski definition) is 1. The molecule has 7 heteroatoms. The lowest BCUT2D eigenvalue weighted by Gasteiger charge is -2.69. The minimum atomic E-state index is -0.549. The van der Waals surface area contributed by atoms with Crippen molar-refractivity contribution in [2.45, 2.75) is 56.6 Å². The lowest BCUT2D eigenvalue weighted by atomic mass is 9.39. The maximum Gasteiger partial charge on any atom is 0.408 e. The molecule has 0 atom stereocenters. The molecular formula is C19H19N3O3S. The quantitative estimate of drug-likeness (QED) is 0.658. The molecule has 3 aliphatic carbocycles. The fourth-order valence-corrected chi connectivity index (χ4v) is 5.16. The molecular weight excluding hydrogens is 350 g/mol. The SMILES string of the molecule is CC(C)(C)OC(=O)NC12CC(c3nc4cc(C(=O)C#N)ccc4s3)(C1)C2. The number of carbonyl (C=O) groups is 2. The Morgan fingerprint density at radius 3 is 2.62 bits per heavy atom. The van der Waals surface area contributed by atoms with E-state index in [1.807, 2.05) is 26.8 Å². The second-order valence-electron chi connectivity index (χ2n) is 8.36. The van der Waals surface area contributed by atoms with E-state index in [0.717, 1.165) is 34.5 Å². The molecule has 1 amide bonds. The third-order valence-corrected chi connectivity index (χ3v) is 6.28. The first kappa shape index (κ1) is 17.0. The smallest absolute Gasteiger partial charge is 0.408 e. The minimum Gasteiger partial charge on any atom is -0.444 e. The number of nitrogens with one attached hydrogen (secondary N) is 1. The van der Waals surface area contributed by atoms with Crippen LogP contribution in [0.25, 0.3) is 10.2 Å². The maximum absolute atomic E-state index is 12.0. The second kappa shape index (κ2) is 5.27. The number of ketones is 1. The van der Waals surface area contributed by atoms with Gasteiger partial charge in [-0.1, -0.05) is 0 Å². The number of rotatable bonds is 3. The van der Waals surface area contributed by atoms with Gasteiger partial charge in [-0.25, -0.2) is 9.78 Å². The van der Waals surface area contributed by atoms with Crippen molar-refractivity contribution in [3.05, 3.63) is 28.8 Å². The van der Waals surface area contributed by atoms with Crippen LogP contribution in [-0.4, -0.2) is 28.0 Å². The molecule has 26 heavy (non-hydrogen) atoms. The summed E-state index contributed by atoms with van der Waals surface area (Å²) < 4.78 is 6.35. The number of aromatic nitrogens is 1. The zero-order valence-corrected chi connectivity index (χ0v) is 15.7. The summed E-state index contributed by atoms with van der Waals surface area (Å²) in [4.78, 5) is 28.2. The topological polar surface area (TPSA) is 92.1 Å². The Labute approximate surface area is 155 Å². The fraction of sp³-hybridized carbons (Fsp3) is 0.474. The molecule has 0 radical (unpaired) electrons. The lowest BCUT2D eigenvalue weighted by molar-refractivity contribution is -0.0883. The highest BCUT2D eigenvalue weighted by molar-refractivity contribution is 7.18. The van der Waals surface area contributed by atoms with Crippen LogP contribution in [0.4, 0.5) is 4.79 Å². The van der Waals surface area contributed by atoms with Crippen molar-refractivity contribution in [3.63, 3.8) is 0 Å². The summed E-state index contributed by atoms with van der Waals surface area (Å²) in [5.74, 6) is -0.549. The maximum atomic E-state index is 12.0. The molecule has 3 saturated carbocycles. The van der Waals surface area contributed by atoms with E-state index in [0.29, 0.717) is 5.56 Å². The highest BCUT2D eigenvalue weighted by atomic mass is 32.1. The number of alkyl carbamates (subject to hydrolysis) is 1. The summed E-state index contributed by atoms with van der Waals surface area (Å²) in [7, 11) is 0. The first-order chi connectivity index (χ1) is 12.1. The average molecular weight is 369 g/mol. The van der Waals surface area contributed by atoms with Gasteiger partial charge in [-0.3, -0.25) is 4.79 Å². The molecule has 3 fully saturated rings. The van der Waals surface area contributed by atoms with E-state index in [9.17, 15) is 9.59 Å². The summed E-state index contributed by atoms with van der Waals surface area (Å²) in [5, 5.41) is 12.8. The number of carbonyl (C=O) groups excluding carboxylic acids is 2. The Morgan fingerprint density at radius 2 is 2.00 bits per heavy atom. The van der Waals surface area contributed by atoms with Gasteiger partial charge in [0.05, 0.1) is 10.2 Å². The molecule has 134 valence electrons. The molecule has 0 unspecified atom stereocenters. The number of nitrogens with zero attached hydrogens (tertiary/aromatic N) is 2. The van der Waals surface area contributed by atoms with E-state index >= 15 is 0 Å². The first-order valence-electron chi connectivity index (χ1n) is 8.50. The van der Waals surface area contributed by atoms with Gasteiger partial charge >= 0.3 is 6.09 Å². The van der Waals surface area contributed by atoms with Gasteiger partial charge in [0.2, 0.25) is 0 Å². The van der Waals surface area contributed by atoms with Gasteiger partial charge < -0.3 is 10.1 Å². The number of fused-ring (bicyclic) bond motifs is 1. The van der Waals surface area contributed by atoms with Gasteiger partial charge in [0, 0.05) is 16.5 Å². The van der Waals surface area contributed by atoms with Crippen LogP contribution in [0, 0.1) is 11.3 Å². The predicted octanol–water partition coefficient (Wildman–Crippen LogP) is 3.70. The summed E-state index contributed by atoms with van der Waals surface area (Å²) in [6, 6.07) is 6.84. The monoisotopic (exact) mass is 369 g/mol. The minimum absolute atomic E-state index is 0.0259. The van der Waals surface area contributed by atoms with E-state index in [1.165, 1.54) is 0 Å². The van der Waals surface area contributed by atoms with Crippen LogP contribution in [0.2, 0.25) is 0 Å². The van der Waals surface area contributed by atoms with Gasteiger partial charge in [-0.15, -0.1) is 11.3 Å². The normalized spacial score (nSPS) is 26.4. The summed E-state index contributed by atoms with van der Waals surface area (Å²) in [5.41, 5.74) is 0.486. The van der Waals surface area contributed by atoms with Crippen LogP contribution < -0.4 is 5.32 Å². The highest BCUT2D eigenvalue weighted by Gasteiger charge is 2.70. The van der Waals surface area contributed by atoms with Gasteiger partial charge in [-0.2, -0.15) is 5.26 Å². The number of amides is 1. The molecule has 1 heterocycles. The summed E-state index contributed by atoms with van der Waals surface area (Å²) >= 11 is 1.62. The molecule has 0 aliphatic heterocycles. The third-order valence-electron chi connectivity index (χ3n) is 5.00. The first-order valence-corrected chi connectivity index (χ1v) is 9.32. The average Bonchev–Trinajstić information content (AvgIpc) is 2.89.